The summed E-state index contributed by atoms with van der Waals surface area (Å²) in [6.07, 6.45) is 2.05. The van der Waals surface area contributed by atoms with Gasteiger partial charge in [-0.1, -0.05) is 17.7 Å². The number of rotatable bonds is 4. The smallest absolute Gasteiger partial charge is 0.315 e. The maximum absolute atomic E-state index is 11.8. The maximum Gasteiger partial charge on any atom is 0.315 e. The van der Waals surface area contributed by atoms with Crippen molar-refractivity contribution in [2.75, 3.05) is 24.6 Å². The predicted octanol–water partition coefficient (Wildman–Crippen LogP) is 1.64. The molecular formula is C16H25N3O2. The van der Waals surface area contributed by atoms with E-state index in [0.717, 1.165) is 25.9 Å². The van der Waals surface area contributed by atoms with E-state index in [1.54, 1.807) is 6.92 Å². The summed E-state index contributed by atoms with van der Waals surface area (Å²) in [5.41, 5.74) is 2.46. The molecule has 3 N–H and O–H groups in total. The molecule has 0 aromatic heterocycles. The molecule has 1 fully saturated rings. The molecule has 1 aromatic rings. The second-order valence-electron chi connectivity index (χ2n) is 5.82. The quantitative estimate of drug-likeness (QED) is 0.790. The average molecular weight is 291 g/mol. The van der Waals surface area contributed by atoms with Gasteiger partial charge >= 0.3 is 6.03 Å². The zero-order valence-corrected chi connectivity index (χ0v) is 12.8. The van der Waals surface area contributed by atoms with Crippen LogP contribution in [-0.2, 0) is 0 Å². The molecule has 1 saturated heterocycles. The lowest BCUT2D eigenvalue weighted by molar-refractivity contribution is 0.216. The number of aliphatic hydroxyl groups is 1. The fourth-order valence-corrected chi connectivity index (χ4v) is 2.58. The van der Waals surface area contributed by atoms with Gasteiger partial charge in [0.1, 0.15) is 0 Å². The van der Waals surface area contributed by atoms with E-state index in [1.807, 2.05) is 0 Å². The molecule has 2 atom stereocenters. The Kier molecular flexibility index (Phi) is 5.44. The van der Waals surface area contributed by atoms with Gasteiger partial charge in [0.15, 0.2) is 0 Å². The Hall–Kier alpha value is -1.75. The molecule has 2 unspecified atom stereocenters. The van der Waals surface area contributed by atoms with Crippen LogP contribution in [0.3, 0.4) is 0 Å². The Morgan fingerprint density at radius 3 is 2.81 bits per heavy atom. The van der Waals surface area contributed by atoms with Gasteiger partial charge in [-0.05, 0) is 38.8 Å². The number of hydrogen-bond donors (Lipinski definition) is 3. The lowest BCUT2D eigenvalue weighted by Gasteiger charge is -2.35. The van der Waals surface area contributed by atoms with Crippen molar-refractivity contribution in [1.82, 2.24) is 10.6 Å². The van der Waals surface area contributed by atoms with Crippen LogP contribution in [0.15, 0.2) is 24.3 Å². The number of aliphatic hydroxyl groups excluding tert-OH is 1. The number of benzene rings is 1. The van der Waals surface area contributed by atoms with Crippen LogP contribution in [0.25, 0.3) is 0 Å². The molecular weight excluding hydrogens is 266 g/mol. The van der Waals surface area contributed by atoms with Crippen molar-refractivity contribution in [1.29, 1.82) is 0 Å². The summed E-state index contributed by atoms with van der Waals surface area (Å²) >= 11 is 0. The van der Waals surface area contributed by atoms with E-state index in [9.17, 15) is 4.79 Å². The first kappa shape index (κ1) is 15.6. The van der Waals surface area contributed by atoms with Crippen molar-refractivity contribution >= 4 is 11.7 Å². The van der Waals surface area contributed by atoms with Crippen molar-refractivity contribution in [3.8, 4) is 0 Å². The number of nitrogens with one attached hydrogen (secondary N) is 2. The number of piperidine rings is 1. The number of nitrogens with zero attached hydrogens (tertiary/aromatic N) is 1. The van der Waals surface area contributed by atoms with E-state index in [1.165, 1.54) is 11.3 Å². The zero-order chi connectivity index (χ0) is 15.2. The van der Waals surface area contributed by atoms with Crippen LogP contribution in [-0.4, -0.2) is 42.9 Å². The number of carbonyl (C=O) groups is 1. The Balaban J connectivity index is 1.88. The summed E-state index contributed by atoms with van der Waals surface area (Å²) in [6, 6.07) is 8.21. The van der Waals surface area contributed by atoms with E-state index in [2.05, 4.69) is 46.7 Å². The summed E-state index contributed by atoms with van der Waals surface area (Å²) in [5.74, 6) is 0. The molecule has 1 aromatic carbocycles. The Labute approximate surface area is 126 Å². The van der Waals surface area contributed by atoms with Crippen LogP contribution in [0.1, 0.15) is 25.3 Å². The van der Waals surface area contributed by atoms with Crippen LogP contribution in [0, 0.1) is 6.92 Å². The molecule has 2 rings (SSSR count). The third kappa shape index (κ3) is 4.63. The zero-order valence-electron chi connectivity index (χ0n) is 12.8. The Bertz CT molecular complexity index is 461. The van der Waals surface area contributed by atoms with Gasteiger partial charge in [0.2, 0.25) is 0 Å². The minimum atomic E-state index is -0.221. The van der Waals surface area contributed by atoms with Gasteiger partial charge in [-0.3, -0.25) is 0 Å². The van der Waals surface area contributed by atoms with E-state index in [0.29, 0.717) is 0 Å². The van der Waals surface area contributed by atoms with Crippen LogP contribution < -0.4 is 15.5 Å². The maximum atomic E-state index is 11.8. The highest BCUT2D eigenvalue weighted by Gasteiger charge is 2.21. The molecule has 2 amide bonds. The first-order valence-electron chi connectivity index (χ1n) is 7.58. The standard InChI is InChI=1S/C16H25N3O2/c1-12-5-7-15(8-6-12)19-9-3-4-14(10-19)18-16(21)17-13(2)11-20/h5-8,13-14,20H,3-4,9-11H2,1-2H3,(H2,17,18,21). The lowest BCUT2D eigenvalue weighted by Crippen LogP contribution is -2.52. The first-order chi connectivity index (χ1) is 10.1. The molecule has 0 spiro atoms. The minimum Gasteiger partial charge on any atom is -0.394 e. The molecule has 0 aliphatic carbocycles. The lowest BCUT2D eigenvalue weighted by atomic mass is 10.0. The second-order valence-corrected chi connectivity index (χ2v) is 5.82. The monoisotopic (exact) mass is 291 g/mol. The summed E-state index contributed by atoms with van der Waals surface area (Å²) < 4.78 is 0. The van der Waals surface area contributed by atoms with Crippen molar-refractivity contribution in [3.05, 3.63) is 29.8 Å². The highest BCUT2D eigenvalue weighted by atomic mass is 16.3. The van der Waals surface area contributed by atoms with Crippen molar-refractivity contribution in [2.24, 2.45) is 0 Å². The highest BCUT2D eigenvalue weighted by molar-refractivity contribution is 5.74. The van der Waals surface area contributed by atoms with Gasteiger partial charge in [-0.15, -0.1) is 0 Å². The molecule has 21 heavy (non-hydrogen) atoms. The van der Waals surface area contributed by atoms with E-state index in [4.69, 9.17) is 5.11 Å². The minimum absolute atomic E-state index is 0.0480. The molecule has 1 aliphatic rings. The number of amides is 2. The predicted molar refractivity (Wildman–Crippen MR) is 84.6 cm³/mol. The molecule has 0 radical (unpaired) electrons. The normalized spacial score (nSPS) is 20.0. The molecule has 5 heteroatoms. The Morgan fingerprint density at radius 1 is 1.43 bits per heavy atom. The van der Waals surface area contributed by atoms with Crippen molar-refractivity contribution < 1.29 is 9.90 Å². The van der Waals surface area contributed by atoms with E-state index >= 15 is 0 Å². The molecule has 5 nitrogen and oxygen atoms in total. The average Bonchev–Trinajstić information content (AvgIpc) is 2.48. The van der Waals surface area contributed by atoms with Gasteiger partial charge < -0.3 is 20.6 Å². The van der Waals surface area contributed by atoms with Gasteiger partial charge in [-0.2, -0.15) is 0 Å². The van der Waals surface area contributed by atoms with Crippen molar-refractivity contribution in [3.63, 3.8) is 0 Å². The fourth-order valence-electron chi connectivity index (χ4n) is 2.58. The number of hydrogen-bond acceptors (Lipinski definition) is 3. The second kappa shape index (κ2) is 7.31. The topological polar surface area (TPSA) is 64.6 Å². The number of urea groups is 1. The summed E-state index contributed by atoms with van der Waals surface area (Å²) in [5, 5.41) is 14.7. The van der Waals surface area contributed by atoms with Crippen LogP contribution in [0.4, 0.5) is 10.5 Å². The molecule has 1 heterocycles. The summed E-state index contributed by atoms with van der Waals surface area (Å²) in [7, 11) is 0. The molecule has 0 bridgehead atoms. The molecule has 0 saturated carbocycles. The Morgan fingerprint density at radius 2 is 2.14 bits per heavy atom. The largest absolute Gasteiger partial charge is 0.394 e. The van der Waals surface area contributed by atoms with Gasteiger partial charge in [0.25, 0.3) is 0 Å². The van der Waals surface area contributed by atoms with E-state index < -0.39 is 0 Å². The first-order valence-corrected chi connectivity index (χ1v) is 7.58. The fraction of sp³-hybridized carbons (Fsp3) is 0.562. The van der Waals surface area contributed by atoms with Crippen LogP contribution in [0.5, 0.6) is 0 Å². The number of anilines is 1. The third-order valence-corrected chi connectivity index (χ3v) is 3.81. The number of carbonyl (C=O) groups excluding carboxylic acids is 1. The number of aryl methyl sites for hydroxylation is 1. The van der Waals surface area contributed by atoms with E-state index in [-0.39, 0.29) is 24.7 Å². The summed E-state index contributed by atoms with van der Waals surface area (Å²) in [6.45, 7) is 5.66. The summed E-state index contributed by atoms with van der Waals surface area (Å²) in [4.78, 5) is 14.1. The molecule has 1 aliphatic heterocycles. The van der Waals surface area contributed by atoms with Crippen LogP contribution in [0.2, 0.25) is 0 Å². The van der Waals surface area contributed by atoms with Gasteiger partial charge in [0.05, 0.1) is 12.6 Å². The molecule has 116 valence electrons. The SMILES string of the molecule is Cc1ccc(N2CCCC(NC(=O)NC(C)CO)C2)cc1. The van der Waals surface area contributed by atoms with Crippen LogP contribution >= 0.6 is 0 Å². The highest BCUT2D eigenvalue weighted by Crippen LogP contribution is 2.20. The van der Waals surface area contributed by atoms with Gasteiger partial charge in [0, 0.05) is 24.8 Å². The van der Waals surface area contributed by atoms with Crippen molar-refractivity contribution in [2.45, 2.75) is 38.8 Å². The van der Waals surface area contributed by atoms with Gasteiger partial charge in [-0.25, -0.2) is 4.79 Å². The third-order valence-electron chi connectivity index (χ3n) is 3.81.